The highest BCUT2D eigenvalue weighted by Gasteiger charge is 2.23. The highest BCUT2D eigenvalue weighted by atomic mass is 16.2. The number of fused-ring (bicyclic) bond motifs is 1. The maximum atomic E-state index is 12.8. The second kappa shape index (κ2) is 8.43. The summed E-state index contributed by atoms with van der Waals surface area (Å²) in [7, 11) is 0. The molecule has 0 unspecified atom stereocenters. The first-order valence-corrected chi connectivity index (χ1v) is 10.4. The van der Waals surface area contributed by atoms with Crippen molar-refractivity contribution in [1.29, 1.82) is 0 Å². The molecule has 0 atom stereocenters. The van der Waals surface area contributed by atoms with Crippen LogP contribution in [-0.4, -0.2) is 57.2 Å². The van der Waals surface area contributed by atoms with Gasteiger partial charge >= 0.3 is 0 Å². The van der Waals surface area contributed by atoms with Crippen molar-refractivity contribution < 1.29 is 4.79 Å². The van der Waals surface area contributed by atoms with E-state index >= 15 is 0 Å². The van der Waals surface area contributed by atoms with E-state index in [2.05, 4.69) is 36.4 Å². The maximum Gasteiger partial charge on any atom is 0.227 e. The predicted octanol–water partition coefficient (Wildman–Crippen LogP) is 2.99. The van der Waals surface area contributed by atoms with Crippen molar-refractivity contribution in [1.82, 2.24) is 25.1 Å². The summed E-state index contributed by atoms with van der Waals surface area (Å²) in [6.45, 7) is 2.83. The molecule has 1 amide bonds. The molecule has 1 aromatic carbocycles. The summed E-state index contributed by atoms with van der Waals surface area (Å²) in [5.41, 5.74) is 2.11. The van der Waals surface area contributed by atoms with Crippen molar-refractivity contribution >= 4 is 34.3 Å². The molecule has 2 N–H and O–H groups in total. The molecule has 0 aliphatic carbocycles. The van der Waals surface area contributed by atoms with Crippen LogP contribution in [-0.2, 0) is 11.2 Å². The number of nitrogens with zero attached hydrogens (tertiary/aromatic N) is 5. The first-order valence-electron chi connectivity index (χ1n) is 10.4. The van der Waals surface area contributed by atoms with Gasteiger partial charge in [-0.1, -0.05) is 24.3 Å². The van der Waals surface area contributed by atoms with Crippen LogP contribution in [0.2, 0.25) is 0 Å². The Hall–Kier alpha value is -3.94. The smallest absolute Gasteiger partial charge is 0.227 e. The van der Waals surface area contributed by atoms with Crippen molar-refractivity contribution in [2.75, 3.05) is 36.4 Å². The number of pyridine rings is 1. The quantitative estimate of drug-likeness (QED) is 0.523. The topological polar surface area (TPSA) is 90.0 Å². The predicted molar refractivity (Wildman–Crippen MR) is 120 cm³/mol. The number of piperazine rings is 1. The molecule has 1 saturated heterocycles. The molecule has 3 aromatic heterocycles. The third-order valence-corrected chi connectivity index (χ3v) is 5.54. The summed E-state index contributed by atoms with van der Waals surface area (Å²) in [6.07, 6.45) is 4.08. The van der Waals surface area contributed by atoms with Crippen LogP contribution in [0, 0.1) is 0 Å². The molecule has 8 heteroatoms. The molecule has 1 aliphatic rings. The largest absolute Gasteiger partial charge is 0.361 e. The fraction of sp³-hybridized carbons (Fsp3) is 0.217. The minimum absolute atomic E-state index is 0.158. The summed E-state index contributed by atoms with van der Waals surface area (Å²) in [5, 5.41) is 12.8. The lowest BCUT2D eigenvalue weighted by atomic mass is 10.1. The summed E-state index contributed by atoms with van der Waals surface area (Å²) in [5.74, 6) is 2.35. The molecular formula is C23H23N7O. The third kappa shape index (κ3) is 4.18. The Bertz CT molecular complexity index is 1170. The van der Waals surface area contributed by atoms with Crippen molar-refractivity contribution in [2.24, 2.45) is 0 Å². The molecule has 4 aromatic rings. The zero-order chi connectivity index (χ0) is 21.0. The van der Waals surface area contributed by atoms with Crippen LogP contribution in [0.4, 0.5) is 17.5 Å². The zero-order valence-electron chi connectivity index (χ0n) is 17.0. The van der Waals surface area contributed by atoms with Gasteiger partial charge in [0.25, 0.3) is 0 Å². The molecule has 0 radical (unpaired) electrons. The number of benzene rings is 1. The van der Waals surface area contributed by atoms with E-state index in [4.69, 9.17) is 0 Å². The number of rotatable bonds is 5. The molecule has 4 heterocycles. The van der Waals surface area contributed by atoms with Gasteiger partial charge in [-0.2, -0.15) is 0 Å². The Morgan fingerprint density at radius 1 is 0.935 bits per heavy atom. The van der Waals surface area contributed by atoms with Gasteiger partial charge < -0.3 is 20.1 Å². The minimum atomic E-state index is 0.158. The summed E-state index contributed by atoms with van der Waals surface area (Å²) < 4.78 is 0. The molecule has 8 nitrogen and oxygen atoms in total. The number of carbonyl (C=O) groups is 1. The minimum Gasteiger partial charge on any atom is -0.361 e. The third-order valence-electron chi connectivity index (χ3n) is 5.54. The molecule has 0 saturated carbocycles. The van der Waals surface area contributed by atoms with Crippen molar-refractivity contribution in [3.05, 3.63) is 72.6 Å². The highest BCUT2D eigenvalue weighted by molar-refractivity contribution is 5.89. The SMILES string of the molecule is O=C(Cc1c[nH]c2ccccc12)N1CCN(c2ccc(Nc3ccccn3)nn2)CC1. The molecular weight excluding hydrogens is 390 g/mol. The van der Waals surface area contributed by atoms with E-state index in [0.717, 1.165) is 41.2 Å². The second-order valence-corrected chi connectivity index (χ2v) is 7.52. The lowest BCUT2D eigenvalue weighted by Gasteiger charge is -2.35. The van der Waals surface area contributed by atoms with Gasteiger partial charge in [0.05, 0.1) is 6.42 Å². The van der Waals surface area contributed by atoms with E-state index in [-0.39, 0.29) is 5.91 Å². The average molecular weight is 413 g/mol. The summed E-state index contributed by atoms with van der Waals surface area (Å²) >= 11 is 0. The lowest BCUT2D eigenvalue weighted by molar-refractivity contribution is -0.130. The van der Waals surface area contributed by atoms with Gasteiger partial charge in [-0.3, -0.25) is 4.79 Å². The van der Waals surface area contributed by atoms with Gasteiger partial charge in [0.15, 0.2) is 11.6 Å². The van der Waals surface area contributed by atoms with Crippen LogP contribution in [0.3, 0.4) is 0 Å². The number of nitrogens with one attached hydrogen (secondary N) is 2. The van der Waals surface area contributed by atoms with Crippen LogP contribution < -0.4 is 10.2 Å². The first kappa shape index (κ1) is 19.0. The standard InChI is InChI=1S/C23H23N7O/c31-23(15-17-16-25-19-6-2-1-5-18(17)19)30-13-11-29(12-14-30)22-9-8-21(27-28-22)26-20-7-3-4-10-24-20/h1-10,16,25H,11-15H2,(H,24,26,27). The zero-order valence-corrected chi connectivity index (χ0v) is 17.0. The van der Waals surface area contributed by atoms with E-state index < -0.39 is 0 Å². The Morgan fingerprint density at radius 3 is 2.55 bits per heavy atom. The fourth-order valence-corrected chi connectivity index (χ4v) is 3.87. The van der Waals surface area contributed by atoms with Crippen LogP contribution in [0.5, 0.6) is 0 Å². The number of hydrogen-bond donors (Lipinski definition) is 2. The number of carbonyl (C=O) groups excluding carboxylic acids is 1. The van der Waals surface area contributed by atoms with Crippen molar-refractivity contribution in [2.45, 2.75) is 6.42 Å². The maximum absolute atomic E-state index is 12.8. The van der Waals surface area contributed by atoms with Crippen molar-refractivity contribution in [3.8, 4) is 0 Å². The monoisotopic (exact) mass is 413 g/mol. The highest BCUT2D eigenvalue weighted by Crippen LogP contribution is 2.20. The Labute approximate surface area is 179 Å². The number of aromatic amines is 1. The Balaban J connectivity index is 1.17. The number of anilines is 3. The van der Waals surface area contributed by atoms with Crippen LogP contribution in [0.1, 0.15) is 5.56 Å². The normalized spacial score (nSPS) is 14.1. The van der Waals surface area contributed by atoms with Gasteiger partial charge in [0.1, 0.15) is 5.82 Å². The summed E-state index contributed by atoms with van der Waals surface area (Å²) in [6, 6.07) is 17.6. The van der Waals surface area contributed by atoms with Gasteiger partial charge in [-0.15, -0.1) is 10.2 Å². The van der Waals surface area contributed by atoms with Crippen LogP contribution >= 0.6 is 0 Å². The van der Waals surface area contributed by atoms with Gasteiger partial charge in [0, 0.05) is 49.5 Å². The van der Waals surface area contributed by atoms with Gasteiger partial charge in [-0.25, -0.2) is 4.98 Å². The first-order chi connectivity index (χ1) is 15.3. The van der Waals surface area contributed by atoms with E-state index in [1.807, 2.05) is 59.6 Å². The fourth-order valence-electron chi connectivity index (χ4n) is 3.87. The molecule has 156 valence electrons. The second-order valence-electron chi connectivity index (χ2n) is 7.52. The van der Waals surface area contributed by atoms with E-state index in [9.17, 15) is 4.79 Å². The Morgan fingerprint density at radius 2 is 1.77 bits per heavy atom. The summed E-state index contributed by atoms with van der Waals surface area (Å²) in [4.78, 5) is 24.4. The number of aromatic nitrogens is 4. The van der Waals surface area contributed by atoms with Crippen molar-refractivity contribution in [3.63, 3.8) is 0 Å². The Kier molecular flexibility index (Phi) is 5.18. The molecule has 0 bridgehead atoms. The molecule has 1 fully saturated rings. The number of para-hydroxylation sites is 1. The average Bonchev–Trinajstić information content (AvgIpc) is 3.23. The molecule has 0 spiro atoms. The van der Waals surface area contributed by atoms with Crippen LogP contribution in [0.25, 0.3) is 10.9 Å². The van der Waals surface area contributed by atoms with E-state index in [0.29, 0.717) is 25.3 Å². The molecule has 5 rings (SSSR count). The molecule has 1 aliphatic heterocycles. The number of hydrogen-bond acceptors (Lipinski definition) is 6. The lowest BCUT2D eigenvalue weighted by Crippen LogP contribution is -2.49. The number of H-pyrrole nitrogens is 1. The molecule has 31 heavy (non-hydrogen) atoms. The van der Waals surface area contributed by atoms with Crippen LogP contribution in [0.15, 0.2) is 67.0 Å². The van der Waals surface area contributed by atoms with E-state index in [1.54, 1.807) is 6.20 Å². The van der Waals surface area contributed by atoms with Gasteiger partial charge in [0.2, 0.25) is 5.91 Å². The van der Waals surface area contributed by atoms with E-state index in [1.165, 1.54) is 0 Å². The van der Waals surface area contributed by atoms with Gasteiger partial charge in [-0.05, 0) is 35.9 Å². The number of amides is 1.